The Hall–Kier alpha value is -1.59. The van der Waals surface area contributed by atoms with Gasteiger partial charge in [0, 0.05) is 31.9 Å². The first-order valence-corrected chi connectivity index (χ1v) is 7.98. The van der Waals surface area contributed by atoms with Crippen molar-refractivity contribution in [3.63, 3.8) is 0 Å². The molecule has 0 bridgehead atoms. The van der Waals surface area contributed by atoms with Crippen molar-refractivity contribution in [1.82, 2.24) is 10.2 Å². The second-order valence-electron chi connectivity index (χ2n) is 6.35. The van der Waals surface area contributed by atoms with Crippen LogP contribution in [0.15, 0.2) is 24.3 Å². The second kappa shape index (κ2) is 8.15. The number of nitrogens with zero attached hydrogens (tertiary/aromatic N) is 1. The number of benzene rings is 1. The van der Waals surface area contributed by atoms with Crippen LogP contribution < -0.4 is 10.6 Å². The summed E-state index contributed by atoms with van der Waals surface area (Å²) in [6, 6.07) is 7.56. The number of rotatable bonds is 5. The third kappa shape index (κ3) is 5.66. The molecule has 2 N–H and O–H groups in total. The monoisotopic (exact) mass is 305 g/mol. The molecule has 0 saturated carbocycles. The molecular formula is C17H27N3O2. The zero-order valence-electron chi connectivity index (χ0n) is 13.8. The topological polar surface area (TPSA) is 53.6 Å². The summed E-state index contributed by atoms with van der Waals surface area (Å²) in [5.41, 5.74) is 1.97. The summed E-state index contributed by atoms with van der Waals surface area (Å²) in [6.07, 6.45) is 0.0660. The van der Waals surface area contributed by atoms with Gasteiger partial charge in [0.05, 0.1) is 12.7 Å². The third-order valence-corrected chi connectivity index (χ3v) is 3.65. The molecule has 1 saturated heterocycles. The van der Waals surface area contributed by atoms with E-state index in [4.69, 9.17) is 4.74 Å². The predicted octanol–water partition coefficient (Wildman–Crippen LogP) is 2.47. The van der Waals surface area contributed by atoms with Gasteiger partial charge >= 0.3 is 6.03 Å². The number of carbonyl (C=O) groups is 1. The van der Waals surface area contributed by atoms with Gasteiger partial charge in [0.1, 0.15) is 0 Å². The number of hydrogen-bond donors (Lipinski definition) is 2. The van der Waals surface area contributed by atoms with E-state index in [1.165, 1.54) is 5.56 Å². The average Bonchev–Trinajstić information content (AvgIpc) is 2.47. The maximum absolute atomic E-state index is 11.9. The van der Waals surface area contributed by atoms with Crippen molar-refractivity contribution in [1.29, 1.82) is 0 Å². The highest BCUT2D eigenvalue weighted by Gasteiger charge is 2.21. The van der Waals surface area contributed by atoms with Crippen LogP contribution in [0.4, 0.5) is 10.5 Å². The largest absolute Gasteiger partial charge is 0.374 e. The van der Waals surface area contributed by atoms with E-state index in [2.05, 4.69) is 29.4 Å². The van der Waals surface area contributed by atoms with Gasteiger partial charge in [-0.15, -0.1) is 0 Å². The van der Waals surface area contributed by atoms with Crippen LogP contribution in [-0.4, -0.2) is 49.8 Å². The van der Waals surface area contributed by atoms with Crippen LogP contribution in [0, 0.1) is 12.8 Å². The number of carbonyl (C=O) groups excluding carboxylic acids is 1. The average molecular weight is 305 g/mol. The van der Waals surface area contributed by atoms with Crippen LogP contribution in [-0.2, 0) is 4.74 Å². The van der Waals surface area contributed by atoms with Crippen molar-refractivity contribution >= 4 is 11.7 Å². The molecule has 0 aliphatic carbocycles. The second-order valence-corrected chi connectivity index (χ2v) is 6.35. The predicted molar refractivity (Wildman–Crippen MR) is 89.2 cm³/mol. The van der Waals surface area contributed by atoms with Crippen molar-refractivity contribution in [2.45, 2.75) is 26.9 Å². The van der Waals surface area contributed by atoms with E-state index in [1.807, 2.05) is 31.2 Å². The summed E-state index contributed by atoms with van der Waals surface area (Å²) in [4.78, 5) is 14.3. The van der Waals surface area contributed by atoms with Crippen LogP contribution in [0.5, 0.6) is 0 Å². The van der Waals surface area contributed by atoms with E-state index in [0.717, 1.165) is 31.9 Å². The molecule has 1 aromatic carbocycles. The Bertz CT molecular complexity index is 473. The molecule has 1 heterocycles. The summed E-state index contributed by atoms with van der Waals surface area (Å²) in [5, 5.41) is 5.72. The van der Waals surface area contributed by atoms with Crippen LogP contribution in [0.1, 0.15) is 19.4 Å². The number of urea groups is 1. The summed E-state index contributed by atoms with van der Waals surface area (Å²) in [6.45, 7) is 10.7. The Morgan fingerprint density at radius 1 is 1.36 bits per heavy atom. The normalized spacial score (nSPS) is 19.2. The van der Waals surface area contributed by atoms with Crippen LogP contribution >= 0.6 is 0 Å². The molecular weight excluding hydrogens is 278 g/mol. The first-order chi connectivity index (χ1) is 10.5. The zero-order chi connectivity index (χ0) is 15.9. The number of aryl methyl sites for hydroxylation is 1. The SMILES string of the molecule is Cc1ccc(NC(=O)NC[C@@H]2CN(CC(C)C)CCO2)cc1. The molecule has 2 amide bonds. The number of morpholine rings is 1. The minimum atomic E-state index is -0.187. The molecule has 1 aliphatic rings. The summed E-state index contributed by atoms with van der Waals surface area (Å²) >= 11 is 0. The molecule has 5 nitrogen and oxygen atoms in total. The molecule has 0 unspecified atom stereocenters. The first kappa shape index (κ1) is 16.8. The highest BCUT2D eigenvalue weighted by atomic mass is 16.5. The summed E-state index contributed by atoms with van der Waals surface area (Å²) in [7, 11) is 0. The maximum atomic E-state index is 11.9. The van der Waals surface area contributed by atoms with Gasteiger partial charge in [-0.2, -0.15) is 0 Å². The highest BCUT2D eigenvalue weighted by Crippen LogP contribution is 2.09. The zero-order valence-corrected chi connectivity index (χ0v) is 13.8. The fourth-order valence-corrected chi connectivity index (χ4v) is 2.60. The Morgan fingerprint density at radius 3 is 2.77 bits per heavy atom. The fraction of sp³-hybridized carbons (Fsp3) is 0.588. The molecule has 22 heavy (non-hydrogen) atoms. The lowest BCUT2D eigenvalue weighted by molar-refractivity contribution is -0.0288. The maximum Gasteiger partial charge on any atom is 0.319 e. The molecule has 1 atom stereocenters. The molecule has 0 radical (unpaired) electrons. The molecule has 122 valence electrons. The lowest BCUT2D eigenvalue weighted by Gasteiger charge is -2.33. The van der Waals surface area contributed by atoms with Gasteiger partial charge in [0.25, 0.3) is 0 Å². The first-order valence-electron chi connectivity index (χ1n) is 7.98. The number of amides is 2. The van der Waals surface area contributed by atoms with Crippen LogP contribution in [0.25, 0.3) is 0 Å². The van der Waals surface area contributed by atoms with E-state index in [9.17, 15) is 4.79 Å². The van der Waals surface area contributed by atoms with Gasteiger partial charge in [-0.1, -0.05) is 31.5 Å². The number of ether oxygens (including phenoxy) is 1. The molecule has 1 aliphatic heterocycles. The van der Waals surface area contributed by atoms with Gasteiger partial charge < -0.3 is 15.4 Å². The summed E-state index contributed by atoms with van der Waals surface area (Å²) in [5.74, 6) is 0.650. The lowest BCUT2D eigenvalue weighted by atomic mass is 10.2. The lowest BCUT2D eigenvalue weighted by Crippen LogP contribution is -2.48. The minimum Gasteiger partial charge on any atom is -0.374 e. The molecule has 1 aromatic rings. The van der Waals surface area contributed by atoms with Gasteiger partial charge in [-0.3, -0.25) is 4.90 Å². The Morgan fingerprint density at radius 2 is 2.09 bits per heavy atom. The molecule has 1 fully saturated rings. The van der Waals surface area contributed by atoms with E-state index in [-0.39, 0.29) is 12.1 Å². The quantitative estimate of drug-likeness (QED) is 0.878. The van der Waals surface area contributed by atoms with E-state index in [1.54, 1.807) is 0 Å². The number of nitrogens with one attached hydrogen (secondary N) is 2. The van der Waals surface area contributed by atoms with Crippen molar-refractivity contribution in [3.05, 3.63) is 29.8 Å². The van der Waals surface area contributed by atoms with Crippen molar-refractivity contribution in [2.75, 3.05) is 38.1 Å². The highest BCUT2D eigenvalue weighted by molar-refractivity contribution is 5.89. The minimum absolute atomic E-state index is 0.0660. The Balaban J connectivity index is 1.72. The van der Waals surface area contributed by atoms with Gasteiger partial charge in [0.15, 0.2) is 0 Å². The molecule has 0 spiro atoms. The number of anilines is 1. The number of hydrogen-bond acceptors (Lipinski definition) is 3. The Labute approximate surface area is 133 Å². The summed E-state index contributed by atoms with van der Waals surface area (Å²) < 4.78 is 5.72. The van der Waals surface area contributed by atoms with Crippen LogP contribution in [0.2, 0.25) is 0 Å². The molecule has 0 aromatic heterocycles. The standard InChI is InChI=1S/C17H27N3O2/c1-13(2)11-20-8-9-22-16(12-20)10-18-17(21)19-15-6-4-14(3)5-7-15/h4-7,13,16H,8-12H2,1-3H3,(H2,18,19,21)/t16-/m1/s1. The van der Waals surface area contributed by atoms with E-state index >= 15 is 0 Å². The van der Waals surface area contributed by atoms with E-state index < -0.39 is 0 Å². The van der Waals surface area contributed by atoms with Crippen LogP contribution in [0.3, 0.4) is 0 Å². The van der Waals surface area contributed by atoms with E-state index in [0.29, 0.717) is 12.5 Å². The van der Waals surface area contributed by atoms with Crippen molar-refractivity contribution < 1.29 is 9.53 Å². The smallest absolute Gasteiger partial charge is 0.319 e. The van der Waals surface area contributed by atoms with Crippen molar-refractivity contribution in [2.24, 2.45) is 5.92 Å². The fourth-order valence-electron chi connectivity index (χ4n) is 2.60. The Kier molecular flexibility index (Phi) is 6.21. The van der Waals surface area contributed by atoms with Gasteiger partial charge in [0.2, 0.25) is 0 Å². The molecule has 2 rings (SSSR count). The third-order valence-electron chi connectivity index (χ3n) is 3.65. The molecule has 5 heteroatoms. The van der Waals surface area contributed by atoms with Crippen molar-refractivity contribution in [3.8, 4) is 0 Å². The van der Waals surface area contributed by atoms with Gasteiger partial charge in [-0.25, -0.2) is 4.79 Å². The van der Waals surface area contributed by atoms with Gasteiger partial charge in [-0.05, 0) is 25.0 Å².